The fraction of sp³-hybridized carbons (Fsp3) is 0.368. The molecule has 0 bridgehead atoms. The van der Waals surface area contributed by atoms with Crippen molar-refractivity contribution in [1.82, 2.24) is 9.88 Å². The molecule has 1 aromatic carbocycles. The molecule has 4 rings (SSSR count). The van der Waals surface area contributed by atoms with Crippen LogP contribution in [0.2, 0.25) is 0 Å². The van der Waals surface area contributed by atoms with E-state index in [4.69, 9.17) is 0 Å². The Morgan fingerprint density at radius 2 is 1.57 bits per heavy atom. The van der Waals surface area contributed by atoms with Crippen LogP contribution >= 0.6 is 0 Å². The van der Waals surface area contributed by atoms with Gasteiger partial charge in [0.2, 0.25) is 17.5 Å². The maximum absolute atomic E-state index is 13.9. The molecule has 0 N–H and O–H groups in total. The lowest BCUT2D eigenvalue weighted by molar-refractivity contribution is -0.119. The summed E-state index contributed by atoms with van der Waals surface area (Å²) in [7, 11) is 0. The zero-order valence-electron chi connectivity index (χ0n) is 15.0. The second-order valence-corrected chi connectivity index (χ2v) is 6.86. The first-order valence-electron chi connectivity index (χ1n) is 9.01. The summed E-state index contributed by atoms with van der Waals surface area (Å²) in [5.74, 6) is -6.38. The predicted molar refractivity (Wildman–Crippen MR) is 95.2 cm³/mol. The second-order valence-electron chi connectivity index (χ2n) is 6.86. The Morgan fingerprint density at radius 1 is 0.929 bits per heavy atom. The van der Waals surface area contributed by atoms with Crippen LogP contribution in [0, 0.1) is 23.5 Å². The average Bonchev–Trinajstić information content (AvgIpc) is 3.12. The molecule has 1 fully saturated rings. The standard InChI is InChI=1S/C19H18F4N4O/c20-15-17(16(21)19(23)24-18(15)22)26-9-7-25(8-10-26)11-14(28)27-6-5-12-3-1-2-4-13(12)27/h1-4H,5-11H2. The molecular formula is C19H18F4N4O. The molecule has 2 aliphatic heterocycles. The first-order chi connectivity index (χ1) is 13.5. The maximum atomic E-state index is 13.9. The van der Waals surface area contributed by atoms with Crippen molar-refractivity contribution in [2.45, 2.75) is 6.42 Å². The molecule has 2 aromatic rings. The van der Waals surface area contributed by atoms with Gasteiger partial charge in [-0.1, -0.05) is 18.2 Å². The van der Waals surface area contributed by atoms with Gasteiger partial charge in [-0.3, -0.25) is 9.69 Å². The highest BCUT2D eigenvalue weighted by atomic mass is 19.2. The second kappa shape index (κ2) is 7.38. The monoisotopic (exact) mass is 394 g/mol. The number of halogens is 4. The van der Waals surface area contributed by atoms with Gasteiger partial charge < -0.3 is 9.80 Å². The third-order valence-corrected chi connectivity index (χ3v) is 5.21. The van der Waals surface area contributed by atoms with Crippen molar-refractivity contribution in [3.05, 3.63) is 53.4 Å². The van der Waals surface area contributed by atoms with E-state index in [1.165, 1.54) is 4.90 Å². The molecule has 1 saturated heterocycles. The van der Waals surface area contributed by atoms with E-state index in [0.717, 1.165) is 17.7 Å². The zero-order chi connectivity index (χ0) is 19.8. The minimum atomic E-state index is -1.67. The number of amides is 1. The van der Waals surface area contributed by atoms with Crippen molar-refractivity contribution in [2.75, 3.05) is 49.1 Å². The van der Waals surface area contributed by atoms with E-state index in [0.29, 0.717) is 19.6 Å². The number of hydrogen-bond acceptors (Lipinski definition) is 4. The number of nitrogens with zero attached hydrogens (tertiary/aromatic N) is 4. The van der Waals surface area contributed by atoms with Gasteiger partial charge in [-0.25, -0.2) is 0 Å². The Balaban J connectivity index is 1.40. The molecule has 0 atom stereocenters. The van der Waals surface area contributed by atoms with Gasteiger partial charge >= 0.3 is 0 Å². The fourth-order valence-electron chi connectivity index (χ4n) is 3.76. The molecule has 0 spiro atoms. The van der Waals surface area contributed by atoms with Crippen molar-refractivity contribution >= 4 is 17.3 Å². The summed E-state index contributed by atoms with van der Waals surface area (Å²) >= 11 is 0. The zero-order valence-corrected chi connectivity index (χ0v) is 15.0. The normalized spacial score (nSPS) is 17.1. The van der Waals surface area contributed by atoms with E-state index in [2.05, 4.69) is 4.98 Å². The summed E-state index contributed by atoms with van der Waals surface area (Å²) in [6, 6.07) is 7.74. The topological polar surface area (TPSA) is 39.7 Å². The maximum Gasteiger partial charge on any atom is 0.253 e. The number of carbonyl (C=O) groups is 1. The number of pyridine rings is 1. The van der Waals surface area contributed by atoms with Crippen LogP contribution in [-0.2, 0) is 11.2 Å². The lowest BCUT2D eigenvalue weighted by atomic mass is 10.2. The number of anilines is 2. The van der Waals surface area contributed by atoms with Crippen LogP contribution < -0.4 is 9.80 Å². The van der Waals surface area contributed by atoms with Gasteiger partial charge in [0.1, 0.15) is 5.69 Å². The van der Waals surface area contributed by atoms with Crippen molar-refractivity contribution in [2.24, 2.45) is 0 Å². The lowest BCUT2D eigenvalue weighted by Crippen LogP contribution is -2.50. The van der Waals surface area contributed by atoms with Crippen LogP contribution in [0.5, 0.6) is 0 Å². The summed E-state index contributed by atoms with van der Waals surface area (Å²) < 4.78 is 54.5. The Morgan fingerprint density at radius 3 is 2.25 bits per heavy atom. The van der Waals surface area contributed by atoms with Gasteiger partial charge in [0.15, 0.2) is 0 Å². The molecule has 1 aromatic heterocycles. The summed E-state index contributed by atoms with van der Waals surface area (Å²) in [5, 5.41) is 0. The molecule has 0 saturated carbocycles. The highest BCUT2D eigenvalue weighted by Gasteiger charge is 2.30. The molecule has 3 heterocycles. The summed E-state index contributed by atoms with van der Waals surface area (Å²) in [5.41, 5.74) is 1.30. The Bertz CT molecular complexity index is 889. The van der Waals surface area contributed by atoms with Gasteiger partial charge in [0.05, 0.1) is 6.54 Å². The number of fused-ring (bicyclic) bond motifs is 1. The van der Waals surface area contributed by atoms with Gasteiger partial charge in [0.25, 0.3) is 11.9 Å². The van der Waals surface area contributed by atoms with Crippen molar-refractivity contribution in [3.8, 4) is 0 Å². The molecule has 2 aliphatic rings. The van der Waals surface area contributed by atoms with Crippen LogP contribution in [0.3, 0.4) is 0 Å². The van der Waals surface area contributed by atoms with E-state index < -0.39 is 29.2 Å². The van der Waals surface area contributed by atoms with Gasteiger partial charge in [-0.05, 0) is 18.1 Å². The summed E-state index contributed by atoms with van der Waals surface area (Å²) in [6.45, 7) is 1.76. The SMILES string of the molecule is O=C(CN1CCN(c2c(F)c(F)nc(F)c2F)CC1)N1CCc2ccccc21. The highest BCUT2D eigenvalue weighted by molar-refractivity contribution is 5.96. The first kappa shape index (κ1) is 18.7. The molecular weight excluding hydrogens is 376 g/mol. The highest BCUT2D eigenvalue weighted by Crippen LogP contribution is 2.29. The quantitative estimate of drug-likeness (QED) is 0.592. The number of piperazine rings is 1. The van der Waals surface area contributed by atoms with Gasteiger partial charge in [-0.15, -0.1) is 0 Å². The summed E-state index contributed by atoms with van der Waals surface area (Å²) in [4.78, 5) is 20.1. The number of rotatable bonds is 3. The van der Waals surface area contributed by atoms with Crippen molar-refractivity contribution < 1.29 is 22.4 Å². The number of benzene rings is 1. The Labute approximate surface area is 159 Å². The molecule has 9 heteroatoms. The third kappa shape index (κ3) is 3.30. The fourth-order valence-corrected chi connectivity index (χ4v) is 3.76. The minimum Gasteiger partial charge on any atom is -0.364 e. The molecule has 0 unspecified atom stereocenters. The van der Waals surface area contributed by atoms with Crippen LogP contribution in [0.4, 0.5) is 28.9 Å². The molecule has 5 nitrogen and oxygen atoms in total. The van der Waals surface area contributed by atoms with Gasteiger partial charge in [-0.2, -0.15) is 22.5 Å². The van der Waals surface area contributed by atoms with E-state index in [9.17, 15) is 22.4 Å². The van der Waals surface area contributed by atoms with E-state index in [1.807, 2.05) is 29.2 Å². The Kier molecular flexibility index (Phi) is 4.92. The summed E-state index contributed by atoms with van der Waals surface area (Å²) in [6.07, 6.45) is 0.813. The van der Waals surface area contributed by atoms with Crippen LogP contribution in [-0.4, -0.2) is 55.1 Å². The Hall–Kier alpha value is -2.68. The number of para-hydroxylation sites is 1. The molecule has 0 aliphatic carbocycles. The first-order valence-corrected chi connectivity index (χ1v) is 9.01. The molecule has 0 radical (unpaired) electrons. The van der Waals surface area contributed by atoms with Crippen LogP contribution in [0.15, 0.2) is 24.3 Å². The van der Waals surface area contributed by atoms with E-state index in [-0.39, 0.29) is 25.5 Å². The molecule has 28 heavy (non-hydrogen) atoms. The largest absolute Gasteiger partial charge is 0.364 e. The van der Waals surface area contributed by atoms with Crippen LogP contribution in [0.1, 0.15) is 5.56 Å². The minimum absolute atomic E-state index is 0.0447. The van der Waals surface area contributed by atoms with Crippen molar-refractivity contribution in [3.63, 3.8) is 0 Å². The number of hydrogen-bond donors (Lipinski definition) is 0. The molecule has 148 valence electrons. The number of aromatic nitrogens is 1. The van der Waals surface area contributed by atoms with E-state index in [1.54, 1.807) is 4.90 Å². The lowest BCUT2D eigenvalue weighted by Gasteiger charge is -2.36. The van der Waals surface area contributed by atoms with Crippen LogP contribution in [0.25, 0.3) is 0 Å². The predicted octanol–water partition coefficient (Wildman–Crippen LogP) is 2.35. The average molecular weight is 394 g/mol. The molecule has 1 amide bonds. The number of carbonyl (C=O) groups excluding carboxylic acids is 1. The van der Waals surface area contributed by atoms with Crippen molar-refractivity contribution in [1.29, 1.82) is 0 Å². The smallest absolute Gasteiger partial charge is 0.253 e. The van der Waals surface area contributed by atoms with E-state index >= 15 is 0 Å². The van der Waals surface area contributed by atoms with Gasteiger partial charge in [0, 0.05) is 38.4 Å². The third-order valence-electron chi connectivity index (χ3n) is 5.21.